The van der Waals surface area contributed by atoms with Gasteiger partial charge in [0.05, 0.1) is 0 Å². The van der Waals surface area contributed by atoms with Gasteiger partial charge in [0.2, 0.25) is 0 Å². The molecule has 0 radical (unpaired) electrons. The zero-order valence-electron chi connectivity index (χ0n) is 10.9. The highest BCUT2D eigenvalue weighted by Crippen LogP contribution is 2.27. The Balaban J connectivity index is 2.31. The summed E-state index contributed by atoms with van der Waals surface area (Å²) in [7, 11) is 0. The van der Waals surface area contributed by atoms with Gasteiger partial charge in [-0.15, -0.1) is 0 Å². The number of hydrogen-bond donors (Lipinski definition) is 1. The minimum Gasteiger partial charge on any atom is -0.367 e. The molecule has 2 rings (SSSR count). The fraction of sp³-hybridized carbons (Fsp3) is 0.176. The molecule has 92 valence electrons. The Morgan fingerprint density at radius 3 is 3.00 bits per heavy atom. The summed E-state index contributed by atoms with van der Waals surface area (Å²) in [5.74, 6) is 0.360. The van der Waals surface area contributed by atoms with Crippen LogP contribution in [0.15, 0.2) is 83.8 Å². The molecule has 0 bridgehead atoms. The predicted molar refractivity (Wildman–Crippen MR) is 78.8 cm³/mol. The van der Waals surface area contributed by atoms with Crippen LogP contribution in [0.3, 0.4) is 0 Å². The third kappa shape index (κ3) is 3.01. The van der Waals surface area contributed by atoms with Gasteiger partial charge in [0.15, 0.2) is 0 Å². The van der Waals surface area contributed by atoms with Gasteiger partial charge in [0.1, 0.15) is 0 Å². The first kappa shape index (κ1) is 12.4. The standard InChI is InChI=1S/C17H19N/c1-3-4-5-7-15-9-10-16-8-6-11-18-13-17(16)14(2)12-15/h3-13,15,18H,1-2H3/b4-3-,7-5-. The number of fused-ring (bicyclic) bond motifs is 1. The van der Waals surface area contributed by atoms with Crippen LogP contribution in [0, 0.1) is 5.92 Å². The molecule has 1 unspecified atom stereocenters. The van der Waals surface area contributed by atoms with Crippen molar-refractivity contribution in [2.45, 2.75) is 13.8 Å². The number of rotatable bonds is 2. The van der Waals surface area contributed by atoms with Crippen LogP contribution in [-0.4, -0.2) is 0 Å². The summed E-state index contributed by atoms with van der Waals surface area (Å²) in [5.41, 5.74) is 3.82. The van der Waals surface area contributed by atoms with Gasteiger partial charge in [-0.2, -0.15) is 0 Å². The lowest BCUT2D eigenvalue weighted by Gasteiger charge is -2.06. The lowest BCUT2D eigenvalue weighted by Crippen LogP contribution is -1.96. The molecule has 1 N–H and O–H groups in total. The fourth-order valence-corrected chi connectivity index (χ4v) is 2.07. The number of nitrogens with one attached hydrogen (secondary N) is 1. The van der Waals surface area contributed by atoms with Crippen molar-refractivity contribution in [1.82, 2.24) is 5.32 Å². The Bertz CT molecular complexity index is 508. The molecule has 0 fully saturated rings. The second kappa shape index (κ2) is 6.06. The molecule has 1 aliphatic carbocycles. The maximum Gasteiger partial charge on any atom is 0.0139 e. The molecule has 0 aromatic rings. The fourth-order valence-electron chi connectivity index (χ4n) is 2.07. The Labute approximate surface area is 109 Å². The number of allylic oxidation sites excluding steroid dienone is 12. The molecule has 0 aromatic heterocycles. The van der Waals surface area contributed by atoms with Crippen LogP contribution in [0.1, 0.15) is 13.8 Å². The first-order chi connectivity index (χ1) is 8.81. The maximum atomic E-state index is 3.17. The monoisotopic (exact) mass is 237 g/mol. The highest BCUT2D eigenvalue weighted by molar-refractivity contribution is 5.55. The van der Waals surface area contributed by atoms with Gasteiger partial charge in [0.25, 0.3) is 0 Å². The third-order valence-corrected chi connectivity index (χ3v) is 3.01. The lowest BCUT2D eigenvalue weighted by atomic mass is 10.00. The van der Waals surface area contributed by atoms with E-state index in [0.29, 0.717) is 5.92 Å². The molecule has 0 amide bonds. The quantitative estimate of drug-likeness (QED) is 0.710. The summed E-state index contributed by atoms with van der Waals surface area (Å²) < 4.78 is 0. The largest absolute Gasteiger partial charge is 0.367 e. The Morgan fingerprint density at radius 2 is 2.17 bits per heavy atom. The van der Waals surface area contributed by atoms with E-state index in [9.17, 15) is 0 Å². The van der Waals surface area contributed by atoms with Crippen molar-refractivity contribution in [3.05, 3.63) is 83.8 Å². The highest BCUT2D eigenvalue weighted by Gasteiger charge is 2.11. The van der Waals surface area contributed by atoms with Crippen LogP contribution < -0.4 is 5.32 Å². The highest BCUT2D eigenvalue weighted by atomic mass is 14.8. The molecule has 18 heavy (non-hydrogen) atoms. The summed E-state index contributed by atoms with van der Waals surface area (Å²) in [6.07, 6.45) is 23.3. The second-order valence-electron chi connectivity index (χ2n) is 4.40. The van der Waals surface area contributed by atoms with Gasteiger partial charge in [-0.05, 0) is 31.1 Å². The van der Waals surface area contributed by atoms with Gasteiger partial charge in [-0.1, -0.05) is 48.6 Å². The van der Waals surface area contributed by atoms with Crippen molar-refractivity contribution >= 4 is 0 Å². The zero-order chi connectivity index (χ0) is 12.8. The topological polar surface area (TPSA) is 12.0 Å². The SMILES string of the molecule is C/C=C\C=C/C1C=CC2=CC=CNC=C2C(C)=C1. The Kier molecular flexibility index (Phi) is 4.19. The molecule has 1 heteroatoms. The molecule has 1 nitrogen and oxygen atoms in total. The van der Waals surface area contributed by atoms with E-state index in [2.05, 4.69) is 61.0 Å². The van der Waals surface area contributed by atoms with Gasteiger partial charge in [0, 0.05) is 23.9 Å². The van der Waals surface area contributed by atoms with Crippen molar-refractivity contribution in [3.63, 3.8) is 0 Å². The minimum atomic E-state index is 0.360. The van der Waals surface area contributed by atoms with E-state index < -0.39 is 0 Å². The van der Waals surface area contributed by atoms with Gasteiger partial charge < -0.3 is 5.32 Å². The molecule has 0 saturated carbocycles. The Hall–Kier alpha value is -2.02. The van der Waals surface area contributed by atoms with Crippen molar-refractivity contribution in [2.24, 2.45) is 5.92 Å². The number of hydrogen-bond acceptors (Lipinski definition) is 1. The summed E-state index contributed by atoms with van der Waals surface area (Å²) in [5, 5.41) is 3.17. The molecule has 2 aliphatic rings. The van der Waals surface area contributed by atoms with Gasteiger partial charge in [-0.25, -0.2) is 0 Å². The molecule has 1 heterocycles. The lowest BCUT2D eigenvalue weighted by molar-refractivity contribution is 1.05. The average Bonchev–Trinajstić information content (AvgIpc) is 2.67. The van der Waals surface area contributed by atoms with E-state index in [4.69, 9.17) is 0 Å². The first-order valence-corrected chi connectivity index (χ1v) is 6.31. The molecular formula is C17H19N. The van der Waals surface area contributed by atoms with Crippen molar-refractivity contribution in [3.8, 4) is 0 Å². The Morgan fingerprint density at radius 1 is 1.28 bits per heavy atom. The molecule has 1 aliphatic heterocycles. The molecule has 0 aromatic carbocycles. The summed E-state index contributed by atoms with van der Waals surface area (Å²) >= 11 is 0. The molecular weight excluding hydrogens is 218 g/mol. The summed E-state index contributed by atoms with van der Waals surface area (Å²) in [6.45, 7) is 4.19. The first-order valence-electron chi connectivity index (χ1n) is 6.31. The van der Waals surface area contributed by atoms with Gasteiger partial charge in [-0.3, -0.25) is 0 Å². The third-order valence-electron chi connectivity index (χ3n) is 3.01. The van der Waals surface area contributed by atoms with E-state index in [0.717, 1.165) is 0 Å². The minimum absolute atomic E-state index is 0.360. The smallest absolute Gasteiger partial charge is 0.0139 e. The molecule has 0 saturated heterocycles. The van der Waals surface area contributed by atoms with Crippen LogP contribution >= 0.6 is 0 Å². The van der Waals surface area contributed by atoms with Crippen LogP contribution in [0.4, 0.5) is 0 Å². The van der Waals surface area contributed by atoms with E-state index in [1.807, 2.05) is 25.3 Å². The predicted octanol–water partition coefficient (Wildman–Crippen LogP) is 4.18. The summed E-state index contributed by atoms with van der Waals surface area (Å²) in [6, 6.07) is 0. The van der Waals surface area contributed by atoms with E-state index in [1.165, 1.54) is 16.7 Å². The van der Waals surface area contributed by atoms with Crippen LogP contribution in [0.2, 0.25) is 0 Å². The van der Waals surface area contributed by atoms with Crippen LogP contribution in [-0.2, 0) is 0 Å². The van der Waals surface area contributed by atoms with Crippen molar-refractivity contribution < 1.29 is 0 Å². The molecule has 0 spiro atoms. The normalized spacial score (nSPS) is 23.0. The van der Waals surface area contributed by atoms with Crippen molar-refractivity contribution in [1.29, 1.82) is 0 Å². The van der Waals surface area contributed by atoms with E-state index >= 15 is 0 Å². The maximum absolute atomic E-state index is 3.17. The molecule has 1 atom stereocenters. The zero-order valence-corrected chi connectivity index (χ0v) is 10.9. The summed E-state index contributed by atoms with van der Waals surface area (Å²) in [4.78, 5) is 0. The second-order valence-corrected chi connectivity index (χ2v) is 4.40. The van der Waals surface area contributed by atoms with Crippen molar-refractivity contribution in [2.75, 3.05) is 0 Å². The van der Waals surface area contributed by atoms with E-state index in [-0.39, 0.29) is 0 Å². The average molecular weight is 237 g/mol. The van der Waals surface area contributed by atoms with Crippen LogP contribution in [0.25, 0.3) is 0 Å². The van der Waals surface area contributed by atoms with E-state index in [1.54, 1.807) is 0 Å². The van der Waals surface area contributed by atoms with Gasteiger partial charge >= 0.3 is 0 Å². The van der Waals surface area contributed by atoms with Crippen LogP contribution in [0.5, 0.6) is 0 Å².